The van der Waals surface area contributed by atoms with Gasteiger partial charge in [-0.05, 0) is 24.1 Å². The molecule has 3 rings (SSSR count). The van der Waals surface area contributed by atoms with Crippen molar-refractivity contribution in [3.63, 3.8) is 0 Å². The van der Waals surface area contributed by atoms with E-state index < -0.39 is 0 Å². The lowest BCUT2D eigenvalue weighted by molar-refractivity contribution is 0.297. The molecule has 1 fully saturated rings. The van der Waals surface area contributed by atoms with E-state index in [9.17, 15) is 0 Å². The lowest BCUT2D eigenvalue weighted by Crippen LogP contribution is -2.47. The van der Waals surface area contributed by atoms with Gasteiger partial charge in [-0.15, -0.1) is 24.0 Å². The Bertz CT molecular complexity index is 585. The van der Waals surface area contributed by atoms with Crippen LogP contribution in [0.3, 0.4) is 0 Å². The monoisotopic (exact) mass is 477 g/mol. The fraction of sp³-hybridized carbons (Fsp3) is 0.611. The Morgan fingerprint density at radius 2 is 2.12 bits per heavy atom. The number of hydrogen-bond acceptors (Lipinski definition) is 4. The smallest absolute Gasteiger partial charge is 0.193 e. The third kappa shape index (κ3) is 5.57. The van der Waals surface area contributed by atoms with Gasteiger partial charge in [0.25, 0.3) is 0 Å². The van der Waals surface area contributed by atoms with Crippen LogP contribution in [-0.4, -0.2) is 55.2 Å². The van der Waals surface area contributed by atoms with E-state index in [1.807, 2.05) is 13.1 Å². The molecule has 1 aromatic carbocycles. The van der Waals surface area contributed by atoms with Crippen LogP contribution >= 0.6 is 35.7 Å². The van der Waals surface area contributed by atoms with Gasteiger partial charge in [-0.3, -0.25) is 4.99 Å². The van der Waals surface area contributed by atoms with E-state index in [1.54, 1.807) is 0 Å². The maximum absolute atomic E-state index is 5.77. The molecule has 0 saturated carbocycles. The Hall–Kier alpha value is -0.830. The van der Waals surface area contributed by atoms with Gasteiger partial charge in [-0.25, -0.2) is 0 Å². The van der Waals surface area contributed by atoms with Crippen LogP contribution in [0.4, 0.5) is 0 Å². The van der Waals surface area contributed by atoms with Crippen molar-refractivity contribution < 1.29 is 9.47 Å². The predicted molar refractivity (Wildman–Crippen MR) is 116 cm³/mol. The van der Waals surface area contributed by atoms with Crippen LogP contribution in [0, 0.1) is 0 Å². The maximum atomic E-state index is 5.77. The minimum absolute atomic E-state index is 0. The second-order valence-electron chi connectivity index (χ2n) is 6.08. The van der Waals surface area contributed by atoms with E-state index in [0.717, 1.165) is 56.7 Å². The van der Waals surface area contributed by atoms with Crippen molar-refractivity contribution in [1.82, 2.24) is 10.2 Å². The van der Waals surface area contributed by atoms with Crippen molar-refractivity contribution in [2.45, 2.75) is 31.6 Å². The molecule has 0 radical (unpaired) electrons. The van der Waals surface area contributed by atoms with Gasteiger partial charge in [0.15, 0.2) is 17.5 Å². The van der Waals surface area contributed by atoms with Gasteiger partial charge in [-0.2, -0.15) is 11.8 Å². The first-order chi connectivity index (χ1) is 11.8. The number of fused-ring (bicyclic) bond motifs is 1. The number of ether oxygens (including phenoxy) is 2. The Balaban J connectivity index is 0.00000225. The number of aliphatic imine (C=N–C) groups is 1. The van der Waals surface area contributed by atoms with Gasteiger partial charge >= 0.3 is 0 Å². The second-order valence-corrected chi connectivity index (χ2v) is 7.49. The molecule has 1 N–H and O–H groups in total. The lowest BCUT2D eigenvalue weighted by atomic mass is 10.2. The zero-order valence-electron chi connectivity index (χ0n) is 15.0. The molecule has 7 heteroatoms. The highest BCUT2D eigenvalue weighted by molar-refractivity contribution is 14.0. The summed E-state index contributed by atoms with van der Waals surface area (Å²) < 4.78 is 11.5. The molecule has 1 saturated heterocycles. The number of hydrogen-bond donors (Lipinski definition) is 1. The summed E-state index contributed by atoms with van der Waals surface area (Å²) in [6, 6.07) is 6.17. The molecule has 2 aliphatic heterocycles. The quantitative estimate of drug-likeness (QED) is 0.411. The van der Waals surface area contributed by atoms with Gasteiger partial charge in [0.2, 0.25) is 0 Å². The summed E-state index contributed by atoms with van der Waals surface area (Å²) in [7, 11) is 1.86. The topological polar surface area (TPSA) is 46.1 Å². The molecule has 1 unspecified atom stereocenters. The third-order valence-corrected chi connectivity index (χ3v) is 5.74. The number of thioether (sulfide) groups is 1. The van der Waals surface area contributed by atoms with Crippen molar-refractivity contribution in [3.05, 3.63) is 23.8 Å². The molecular formula is C18H28IN3O2S. The van der Waals surface area contributed by atoms with Crippen LogP contribution in [0.2, 0.25) is 0 Å². The van der Waals surface area contributed by atoms with Crippen molar-refractivity contribution in [2.24, 2.45) is 4.99 Å². The molecule has 1 aromatic rings. The van der Waals surface area contributed by atoms with Crippen LogP contribution in [0.25, 0.3) is 0 Å². The van der Waals surface area contributed by atoms with Crippen molar-refractivity contribution in [2.75, 3.05) is 39.1 Å². The van der Waals surface area contributed by atoms with Gasteiger partial charge in [0.05, 0.1) is 13.2 Å². The van der Waals surface area contributed by atoms with Gasteiger partial charge < -0.3 is 19.7 Å². The number of nitrogens with one attached hydrogen (secondary N) is 1. The summed E-state index contributed by atoms with van der Waals surface area (Å²) in [6.07, 6.45) is 2.14. The Morgan fingerprint density at radius 3 is 2.88 bits per heavy atom. The van der Waals surface area contributed by atoms with Crippen molar-refractivity contribution >= 4 is 41.7 Å². The van der Waals surface area contributed by atoms with Gasteiger partial charge in [-0.1, -0.05) is 13.0 Å². The van der Waals surface area contributed by atoms with Crippen molar-refractivity contribution in [3.8, 4) is 11.5 Å². The standard InChI is InChI=1S/C18H27N3O2S.HI/c1-3-15-13-21(7-10-24-15)18(19-2)20-12-14-5-6-16-17(11-14)23-9-4-8-22-16;/h5-6,11,15H,3-4,7-10,12-13H2,1-2H3,(H,19,20);1H. The molecule has 0 spiro atoms. The van der Waals surface area contributed by atoms with Crippen LogP contribution < -0.4 is 14.8 Å². The largest absolute Gasteiger partial charge is 0.490 e. The third-order valence-electron chi connectivity index (χ3n) is 4.37. The van der Waals surface area contributed by atoms with Gasteiger partial charge in [0, 0.05) is 44.1 Å². The Labute approximate surface area is 171 Å². The van der Waals surface area contributed by atoms with Crippen molar-refractivity contribution in [1.29, 1.82) is 0 Å². The molecule has 0 bridgehead atoms. The van der Waals surface area contributed by atoms with Crippen LogP contribution in [0.5, 0.6) is 11.5 Å². The lowest BCUT2D eigenvalue weighted by Gasteiger charge is -2.34. The molecule has 2 heterocycles. The summed E-state index contributed by atoms with van der Waals surface area (Å²) in [5.41, 5.74) is 1.18. The molecule has 0 aliphatic carbocycles. The molecule has 140 valence electrons. The second kappa shape index (κ2) is 10.4. The number of rotatable bonds is 3. The Kier molecular flexibility index (Phi) is 8.48. The minimum atomic E-state index is 0. The molecule has 0 amide bonds. The first-order valence-corrected chi connectivity index (χ1v) is 9.80. The van der Waals surface area contributed by atoms with Gasteiger partial charge in [0.1, 0.15) is 0 Å². The average molecular weight is 477 g/mol. The van der Waals surface area contributed by atoms with Crippen LogP contribution in [0.1, 0.15) is 25.3 Å². The van der Waals surface area contributed by atoms with E-state index in [1.165, 1.54) is 17.7 Å². The maximum Gasteiger partial charge on any atom is 0.193 e. The number of nitrogens with zero attached hydrogens (tertiary/aromatic N) is 2. The number of benzene rings is 1. The summed E-state index contributed by atoms with van der Waals surface area (Å²) in [6.45, 7) is 6.57. The van der Waals surface area contributed by atoms with E-state index in [4.69, 9.17) is 9.47 Å². The fourth-order valence-electron chi connectivity index (χ4n) is 2.99. The molecular weight excluding hydrogens is 449 g/mol. The molecule has 25 heavy (non-hydrogen) atoms. The molecule has 2 aliphatic rings. The highest BCUT2D eigenvalue weighted by Gasteiger charge is 2.21. The zero-order valence-corrected chi connectivity index (χ0v) is 18.1. The van der Waals surface area contributed by atoms with Crippen LogP contribution in [-0.2, 0) is 6.54 Å². The number of halogens is 1. The normalized spacial score (nSPS) is 20.5. The predicted octanol–water partition coefficient (Wildman–Crippen LogP) is 3.37. The van der Waals surface area contributed by atoms with E-state index in [2.05, 4.69) is 46.0 Å². The average Bonchev–Trinajstić information content (AvgIpc) is 2.87. The summed E-state index contributed by atoms with van der Waals surface area (Å²) >= 11 is 2.07. The molecule has 0 aromatic heterocycles. The summed E-state index contributed by atoms with van der Waals surface area (Å²) in [5, 5.41) is 4.20. The first-order valence-electron chi connectivity index (χ1n) is 8.76. The SMILES string of the molecule is CCC1CN(C(=NC)NCc2ccc3c(c2)OCCCO3)CCS1.I. The Morgan fingerprint density at radius 1 is 1.32 bits per heavy atom. The van der Waals surface area contributed by atoms with E-state index in [-0.39, 0.29) is 24.0 Å². The fourth-order valence-corrected chi connectivity index (χ4v) is 4.17. The van der Waals surface area contributed by atoms with Crippen LogP contribution in [0.15, 0.2) is 23.2 Å². The first kappa shape index (κ1) is 20.5. The highest BCUT2D eigenvalue weighted by atomic mass is 127. The van der Waals surface area contributed by atoms with E-state index >= 15 is 0 Å². The molecule has 1 atom stereocenters. The summed E-state index contributed by atoms with van der Waals surface area (Å²) in [5.74, 6) is 3.85. The number of guanidine groups is 1. The highest BCUT2D eigenvalue weighted by Crippen LogP contribution is 2.30. The minimum Gasteiger partial charge on any atom is -0.490 e. The zero-order chi connectivity index (χ0) is 16.8. The summed E-state index contributed by atoms with van der Waals surface area (Å²) in [4.78, 5) is 6.83. The van der Waals surface area contributed by atoms with E-state index in [0.29, 0.717) is 5.25 Å². The molecule has 5 nitrogen and oxygen atoms in total.